The first kappa shape index (κ1) is 20.4. The molecular weight excluding hydrogens is 373 g/mol. The smallest absolute Gasteiger partial charge is 0.315 e. The Morgan fingerprint density at radius 3 is 2.45 bits per heavy atom. The summed E-state index contributed by atoms with van der Waals surface area (Å²) in [4.78, 5) is 24.2. The molecule has 0 spiro atoms. The highest BCUT2D eigenvalue weighted by Crippen LogP contribution is 2.29. The summed E-state index contributed by atoms with van der Waals surface area (Å²) in [7, 11) is 0. The normalized spacial score (nSPS) is 11.9. The maximum atomic E-state index is 13.4. The lowest BCUT2D eigenvalue weighted by Crippen LogP contribution is -2.41. The van der Waals surface area contributed by atoms with E-state index in [-0.39, 0.29) is 24.3 Å². The number of furan rings is 1. The second kappa shape index (κ2) is 8.77. The van der Waals surface area contributed by atoms with Crippen LogP contribution in [0.4, 0.5) is 9.18 Å². The molecule has 3 N–H and O–H groups in total. The van der Waals surface area contributed by atoms with E-state index in [1.165, 1.54) is 12.1 Å². The molecule has 3 amide bonds. The van der Waals surface area contributed by atoms with Crippen molar-refractivity contribution in [2.75, 3.05) is 13.1 Å². The maximum absolute atomic E-state index is 13.4. The molecule has 0 saturated carbocycles. The zero-order valence-corrected chi connectivity index (χ0v) is 16.6. The van der Waals surface area contributed by atoms with Crippen molar-refractivity contribution >= 4 is 22.9 Å². The number of benzene rings is 2. The van der Waals surface area contributed by atoms with Gasteiger partial charge in [-0.1, -0.05) is 17.7 Å². The van der Waals surface area contributed by atoms with Crippen molar-refractivity contribution in [2.45, 2.75) is 26.8 Å². The summed E-state index contributed by atoms with van der Waals surface area (Å²) in [6.45, 7) is 6.16. The Hall–Kier alpha value is -3.35. The number of halogens is 1. The molecule has 0 saturated heterocycles. The highest BCUT2D eigenvalue weighted by Gasteiger charge is 2.18. The van der Waals surface area contributed by atoms with E-state index < -0.39 is 6.04 Å². The third-order valence-electron chi connectivity index (χ3n) is 4.69. The fourth-order valence-corrected chi connectivity index (χ4v) is 3.10. The van der Waals surface area contributed by atoms with Crippen molar-refractivity contribution < 1.29 is 18.4 Å². The molecule has 0 aliphatic carbocycles. The third-order valence-corrected chi connectivity index (χ3v) is 4.69. The molecule has 2 aromatic carbocycles. The van der Waals surface area contributed by atoms with Gasteiger partial charge in [0.2, 0.25) is 0 Å². The van der Waals surface area contributed by atoms with Crippen LogP contribution in [-0.4, -0.2) is 25.0 Å². The number of amides is 3. The summed E-state index contributed by atoms with van der Waals surface area (Å²) in [6, 6.07) is 10.8. The van der Waals surface area contributed by atoms with Crippen LogP contribution in [0.3, 0.4) is 0 Å². The molecule has 1 unspecified atom stereocenters. The minimum absolute atomic E-state index is 0.189. The van der Waals surface area contributed by atoms with E-state index in [0.29, 0.717) is 28.8 Å². The summed E-state index contributed by atoms with van der Waals surface area (Å²) in [5, 5.41) is 8.93. The Kier molecular flexibility index (Phi) is 6.16. The van der Waals surface area contributed by atoms with E-state index in [1.54, 1.807) is 25.1 Å². The van der Waals surface area contributed by atoms with Crippen LogP contribution in [-0.2, 0) is 0 Å². The number of nitrogens with one attached hydrogen (secondary N) is 3. The molecule has 1 aromatic heterocycles. The summed E-state index contributed by atoms with van der Waals surface area (Å²) < 4.78 is 19.2. The van der Waals surface area contributed by atoms with Gasteiger partial charge >= 0.3 is 6.03 Å². The van der Waals surface area contributed by atoms with Gasteiger partial charge in [0.25, 0.3) is 5.91 Å². The number of urea groups is 1. The highest BCUT2D eigenvalue weighted by molar-refractivity contribution is 5.94. The van der Waals surface area contributed by atoms with Crippen LogP contribution in [0.5, 0.6) is 0 Å². The van der Waals surface area contributed by atoms with Gasteiger partial charge in [-0.15, -0.1) is 0 Å². The molecule has 1 heterocycles. The standard InChI is InChI=1S/C22H24FN3O3/c1-13-4-6-16(7-5-13)21(27)24-10-11-25-22(28)26-15(3)20-14(2)18-12-17(23)8-9-19(18)29-20/h4-9,12,15H,10-11H2,1-3H3,(H,24,27)(H2,25,26,28). The van der Waals surface area contributed by atoms with E-state index in [9.17, 15) is 14.0 Å². The molecule has 1 atom stereocenters. The molecule has 0 radical (unpaired) electrons. The maximum Gasteiger partial charge on any atom is 0.315 e. The van der Waals surface area contributed by atoms with Crippen molar-refractivity contribution in [3.05, 3.63) is 70.7 Å². The van der Waals surface area contributed by atoms with Gasteiger partial charge in [0, 0.05) is 29.6 Å². The van der Waals surface area contributed by atoms with E-state index in [1.807, 2.05) is 26.0 Å². The molecule has 152 valence electrons. The lowest BCUT2D eigenvalue weighted by atomic mass is 10.1. The van der Waals surface area contributed by atoms with Crippen LogP contribution in [0.1, 0.15) is 40.2 Å². The van der Waals surface area contributed by atoms with Gasteiger partial charge in [0.1, 0.15) is 17.2 Å². The quantitative estimate of drug-likeness (QED) is 0.550. The first-order valence-corrected chi connectivity index (χ1v) is 9.43. The Bertz CT molecular complexity index is 1030. The molecule has 0 aliphatic rings. The first-order valence-electron chi connectivity index (χ1n) is 9.43. The minimum atomic E-state index is -0.396. The predicted molar refractivity (Wildman–Crippen MR) is 109 cm³/mol. The number of hydrogen-bond donors (Lipinski definition) is 3. The first-order chi connectivity index (χ1) is 13.8. The van der Waals surface area contributed by atoms with Crippen molar-refractivity contribution in [3.8, 4) is 0 Å². The lowest BCUT2D eigenvalue weighted by molar-refractivity contribution is 0.0954. The van der Waals surface area contributed by atoms with Crippen molar-refractivity contribution in [3.63, 3.8) is 0 Å². The van der Waals surface area contributed by atoms with E-state index in [4.69, 9.17) is 4.42 Å². The molecule has 3 aromatic rings. The van der Waals surface area contributed by atoms with E-state index >= 15 is 0 Å². The second-order valence-electron chi connectivity index (χ2n) is 6.98. The van der Waals surface area contributed by atoms with Gasteiger partial charge in [0.05, 0.1) is 6.04 Å². The van der Waals surface area contributed by atoms with Crippen LogP contribution in [0.25, 0.3) is 11.0 Å². The second-order valence-corrected chi connectivity index (χ2v) is 6.98. The number of carbonyl (C=O) groups excluding carboxylic acids is 2. The van der Waals surface area contributed by atoms with Gasteiger partial charge in [-0.2, -0.15) is 0 Å². The predicted octanol–water partition coefficient (Wildman–Crippen LogP) is 3.98. The van der Waals surface area contributed by atoms with Gasteiger partial charge in [-0.05, 0) is 51.1 Å². The van der Waals surface area contributed by atoms with Gasteiger partial charge < -0.3 is 20.4 Å². The number of aryl methyl sites for hydroxylation is 2. The highest BCUT2D eigenvalue weighted by atomic mass is 19.1. The summed E-state index contributed by atoms with van der Waals surface area (Å²) in [5.74, 6) is 0.0538. The molecule has 6 nitrogen and oxygen atoms in total. The van der Waals surface area contributed by atoms with Crippen LogP contribution >= 0.6 is 0 Å². The van der Waals surface area contributed by atoms with Gasteiger partial charge in [-0.25, -0.2) is 9.18 Å². The Labute approximate surface area is 168 Å². The molecule has 0 bridgehead atoms. The van der Waals surface area contributed by atoms with Crippen molar-refractivity contribution in [1.82, 2.24) is 16.0 Å². The number of fused-ring (bicyclic) bond motifs is 1. The van der Waals surface area contributed by atoms with E-state index in [2.05, 4.69) is 16.0 Å². The monoisotopic (exact) mass is 397 g/mol. The third kappa shape index (κ3) is 4.93. The largest absolute Gasteiger partial charge is 0.459 e. The number of hydrogen-bond acceptors (Lipinski definition) is 3. The zero-order chi connectivity index (χ0) is 21.0. The molecular formula is C22H24FN3O3. The summed E-state index contributed by atoms with van der Waals surface area (Å²) in [6.07, 6.45) is 0. The minimum Gasteiger partial charge on any atom is -0.459 e. The molecule has 0 fully saturated rings. The van der Waals surface area contributed by atoms with E-state index in [0.717, 1.165) is 11.1 Å². The molecule has 0 aliphatic heterocycles. The van der Waals surface area contributed by atoms with Gasteiger partial charge in [-0.3, -0.25) is 4.79 Å². The van der Waals surface area contributed by atoms with Crippen LogP contribution < -0.4 is 16.0 Å². The topological polar surface area (TPSA) is 83.4 Å². The summed E-state index contributed by atoms with van der Waals surface area (Å²) >= 11 is 0. The number of rotatable bonds is 6. The Morgan fingerprint density at radius 2 is 1.72 bits per heavy atom. The summed E-state index contributed by atoms with van der Waals surface area (Å²) in [5.41, 5.74) is 3.02. The average Bonchev–Trinajstić information content (AvgIpc) is 3.02. The fourth-order valence-electron chi connectivity index (χ4n) is 3.10. The SMILES string of the molecule is Cc1ccc(C(=O)NCCNC(=O)NC(C)c2oc3ccc(F)cc3c2C)cc1. The van der Waals surface area contributed by atoms with Crippen molar-refractivity contribution in [2.24, 2.45) is 0 Å². The molecule has 7 heteroatoms. The van der Waals surface area contributed by atoms with Crippen molar-refractivity contribution in [1.29, 1.82) is 0 Å². The molecule has 29 heavy (non-hydrogen) atoms. The van der Waals surface area contributed by atoms with Crippen LogP contribution in [0.15, 0.2) is 46.9 Å². The fraction of sp³-hybridized carbons (Fsp3) is 0.273. The lowest BCUT2D eigenvalue weighted by Gasteiger charge is -2.14. The van der Waals surface area contributed by atoms with Crippen LogP contribution in [0, 0.1) is 19.7 Å². The zero-order valence-electron chi connectivity index (χ0n) is 16.6. The van der Waals surface area contributed by atoms with Gasteiger partial charge in [0.15, 0.2) is 0 Å². The Morgan fingerprint density at radius 1 is 1.03 bits per heavy atom. The van der Waals surface area contributed by atoms with Crippen LogP contribution in [0.2, 0.25) is 0 Å². The Balaban J connectivity index is 1.47. The molecule has 3 rings (SSSR count). The number of carbonyl (C=O) groups is 2. The average molecular weight is 397 g/mol.